The average molecular weight is 283 g/mol. The van der Waals surface area contributed by atoms with Crippen LogP contribution >= 0.6 is 0 Å². The minimum atomic E-state index is -4.28. The van der Waals surface area contributed by atoms with Gasteiger partial charge in [0.1, 0.15) is 0 Å². The highest BCUT2D eigenvalue weighted by atomic mass is 19.4. The minimum absolute atomic E-state index is 0.271. The minimum Gasteiger partial charge on any atom is -0.384 e. The number of halogens is 3. The van der Waals surface area contributed by atoms with Gasteiger partial charge in [-0.1, -0.05) is 18.2 Å². The van der Waals surface area contributed by atoms with Crippen LogP contribution in [0, 0.1) is 17.8 Å². The van der Waals surface area contributed by atoms with Gasteiger partial charge in [0.15, 0.2) is 0 Å². The highest BCUT2D eigenvalue weighted by molar-refractivity contribution is 5.66. The monoisotopic (exact) mass is 283 g/mol. The largest absolute Gasteiger partial charge is 0.409 e. The van der Waals surface area contributed by atoms with Crippen LogP contribution in [0.1, 0.15) is 5.56 Å². The number of nitrogens with one attached hydrogen (secondary N) is 1. The van der Waals surface area contributed by atoms with Crippen molar-refractivity contribution in [2.45, 2.75) is 6.18 Å². The van der Waals surface area contributed by atoms with Gasteiger partial charge >= 0.3 is 6.18 Å². The molecule has 0 bridgehead atoms. The lowest BCUT2D eigenvalue weighted by atomic mass is 10.1. The first-order valence-electron chi connectivity index (χ1n) is 6.71. The van der Waals surface area contributed by atoms with E-state index >= 15 is 0 Å². The number of alkyl halides is 3. The Morgan fingerprint density at radius 2 is 1.90 bits per heavy atom. The molecule has 2 unspecified atom stereocenters. The molecule has 0 radical (unpaired) electrons. The first-order valence-corrected chi connectivity index (χ1v) is 6.71. The van der Waals surface area contributed by atoms with E-state index in [1.165, 1.54) is 0 Å². The summed E-state index contributed by atoms with van der Waals surface area (Å²) in [5, 5.41) is 3.27. The van der Waals surface area contributed by atoms with E-state index in [4.69, 9.17) is 4.74 Å². The molecule has 0 amide bonds. The first kappa shape index (κ1) is 13.5. The number of hydrogen-bond acceptors (Lipinski definition) is 2. The van der Waals surface area contributed by atoms with Crippen molar-refractivity contribution in [1.29, 1.82) is 0 Å². The van der Waals surface area contributed by atoms with Crippen LogP contribution in [0.2, 0.25) is 0 Å². The number of hydrogen-bond donors (Lipinski definition) is 1. The quantitative estimate of drug-likeness (QED) is 0.912. The lowest BCUT2D eigenvalue weighted by molar-refractivity contribution is -0.0790. The van der Waals surface area contributed by atoms with Crippen molar-refractivity contribution in [1.82, 2.24) is 0 Å². The molecule has 1 saturated heterocycles. The van der Waals surface area contributed by atoms with E-state index in [-0.39, 0.29) is 6.08 Å². The van der Waals surface area contributed by atoms with E-state index in [2.05, 4.69) is 5.32 Å². The van der Waals surface area contributed by atoms with Crippen LogP contribution in [0.5, 0.6) is 0 Å². The van der Waals surface area contributed by atoms with E-state index in [9.17, 15) is 13.2 Å². The van der Waals surface area contributed by atoms with Crippen molar-refractivity contribution in [2.75, 3.05) is 25.1 Å². The smallest absolute Gasteiger partial charge is 0.384 e. The number of fused-ring (bicyclic) bond motifs is 1. The summed E-state index contributed by atoms with van der Waals surface area (Å²) in [5.74, 6) is 1.88. The van der Waals surface area contributed by atoms with Gasteiger partial charge in [-0.25, -0.2) is 0 Å². The van der Waals surface area contributed by atoms with Crippen molar-refractivity contribution in [3.63, 3.8) is 0 Å². The van der Waals surface area contributed by atoms with E-state index in [0.717, 1.165) is 31.5 Å². The van der Waals surface area contributed by atoms with Gasteiger partial charge in [-0.3, -0.25) is 0 Å². The summed E-state index contributed by atoms with van der Waals surface area (Å²) >= 11 is 0. The summed E-state index contributed by atoms with van der Waals surface area (Å²) < 4.78 is 42.0. The van der Waals surface area contributed by atoms with Gasteiger partial charge in [0.25, 0.3) is 0 Å². The molecular formula is C15H16F3NO. The zero-order chi connectivity index (χ0) is 14.2. The van der Waals surface area contributed by atoms with Crippen LogP contribution in [0.25, 0.3) is 6.08 Å². The molecule has 1 saturated carbocycles. The molecule has 2 nitrogen and oxygen atoms in total. The number of benzene rings is 1. The molecule has 2 atom stereocenters. The molecule has 0 spiro atoms. The standard InChI is InChI=1S/C15H16F3NO/c16-15(17,18)6-5-10-3-1-2-4-14(10)19-7-11-12-8-20-9-13(11)12/h1-6,11-13,19H,7-9H2/b6-5+. The van der Waals surface area contributed by atoms with Gasteiger partial charge in [0, 0.05) is 18.3 Å². The second-order valence-corrected chi connectivity index (χ2v) is 5.37. The van der Waals surface area contributed by atoms with Crippen LogP contribution < -0.4 is 5.32 Å². The zero-order valence-corrected chi connectivity index (χ0v) is 10.9. The van der Waals surface area contributed by atoms with E-state index < -0.39 is 6.18 Å². The van der Waals surface area contributed by atoms with Gasteiger partial charge in [0.05, 0.1) is 13.2 Å². The summed E-state index contributed by atoms with van der Waals surface area (Å²) in [7, 11) is 0. The molecule has 2 aliphatic rings. The van der Waals surface area contributed by atoms with E-state index in [0.29, 0.717) is 23.3 Å². The van der Waals surface area contributed by atoms with E-state index in [1.807, 2.05) is 12.1 Å². The Labute approximate surface area is 115 Å². The lowest BCUT2D eigenvalue weighted by Gasteiger charge is -2.11. The maximum Gasteiger partial charge on any atom is 0.409 e. The number of rotatable bonds is 4. The Morgan fingerprint density at radius 3 is 2.60 bits per heavy atom. The Morgan fingerprint density at radius 1 is 1.20 bits per heavy atom. The van der Waals surface area contributed by atoms with Crippen molar-refractivity contribution < 1.29 is 17.9 Å². The fourth-order valence-corrected chi connectivity index (χ4v) is 2.88. The summed E-state index contributed by atoms with van der Waals surface area (Å²) in [6.07, 6.45) is -2.90. The molecule has 1 aromatic carbocycles. The SMILES string of the molecule is FC(F)(F)/C=C/c1ccccc1NCC1C2COCC12. The van der Waals surface area contributed by atoms with Crippen LogP contribution in [-0.2, 0) is 4.74 Å². The zero-order valence-electron chi connectivity index (χ0n) is 10.9. The van der Waals surface area contributed by atoms with Crippen molar-refractivity contribution >= 4 is 11.8 Å². The van der Waals surface area contributed by atoms with Crippen molar-refractivity contribution in [3.05, 3.63) is 35.9 Å². The second kappa shape index (κ2) is 5.13. The molecule has 5 heteroatoms. The maximum absolute atomic E-state index is 12.2. The Balaban J connectivity index is 1.62. The first-order chi connectivity index (χ1) is 9.54. The van der Waals surface area contributed by atoms with Crippen molar-refractivity contribution in [3.8, 4) is 0 Å². The van der Waals surface area contributed by atoms with E-state index in [1.54, 1.807) is 12.1 Å². The third kappa shape index (κ3) is 2.98. The maximum atomic E-state index is 12.2. The number of para-hydroxylation sites is 1. The van der Waals surface area contributed by atoms with Gasteiger partial charge in [-0.05, 0) is 35.5 Å². The molecule has 1 aliphatic heterocycles. The molecule has 2 fully saturated rings. The molecule has 1 heterocycles. The summed E-state index contributed by atoms with van der Waals surface area (Å²) in [6, 6.07) is 7.05. The normalized spacial score (nSPS) is 28.6. The second-order valence-electron chi connectivity index (χ2n) is 5.37. The van der Waals surface area contributed by atoms with Gasteiger partial charge in [-0.2, -0.15) is 13.2 Å². The average Bonchev–Trinajstić information content (AvgIpc) is 2.83. The Hall–Kier alpha value is -1.49. The lowest BCUT2D eigenvalue weighted by Crippen LogP contribution is -2.10. The topological polar surface area (TPSA) is 21.3 Å². The molecule has 1 N–H and O–H groups in total. The molecule has 3 rings (SSSR count). The third-order valence-corrected chi connectivity index (χ3v) is 4.07. The molecule has 0 aromatic heterocycles. The molecular weight excluding hydrogens is 267 g/mol. The molecule has 20 heavy (non-hydrogen) atoms. The fraction of sp³-hybridized carbons (Fsp3) is 0.467. The summed E-state index contributed by atoms with van der Waals surface area (Å²) in [6.45, 7) is 2.45. The molecule has 108 valence electrons. The Kier molecular flexibility index (Phi) is 3.46. The fourth-order valence-electron chi connectivity index (χ4n) is 2.88. The van der Waals surface area contributed by atoms with Gasteiger partial charge < -0.3 is 10.1 Å². The summed E-state index contributed by atoms with van der Waals surface area (Å²) in [4.78, 5) is 0. The van der Waals surface area contributed by atoms with Crippen LogP contribution in [0.4, 0.5) is 18.9 Å². The third-order valence-electron chi connectivity index (χ3n) is 4.07. The molecule has 1 aliphatic carbocycles. The highest BCUT2D eigenvalue weighted by Gasteiger charge is 2.53. The highest BCUT2D eigenvalue weighted by Crippen LogP contribution is 2.50. The van der Waals surface area contributed by atoms with Gasteiger partial charge in [-0.15, -0.1) is 0 Å². The number of allylic oxidation sites excluding steroid dienone is 1. The van der Waals surface area contributed by atoms with Crippen molar-refractivity contribution in [2.24, 2.45) is 17.8 Å². The van der Waals surface area contributed by atoms with Crippen LogP contribution in [0.15, 0.2) is 30.3 Å². The van der Waals surface area contributed by atoms with Crippen LogP contribution in [0.3, 0.4) is 0 Å². The predicted molar refractivity (Wildman–Crippen MR) is 71.3 cm³/mol. The number of ether oxygens (including phenoxy) is 1. The van der Waals surface area contributed by atoms with Crippen LogP contribution in [-0.4, -0.2) is 25.9 Å². The molecule has 1 aromatic rings. The Bertz CT molecular complexity index is 502. The van der Waals surface area contributed by atoms with Gasteiger partial charge in [0.2, 0.25) is 0 Å². The number of anilines is 1. The predicted octanol–water partition coefficient (Wildman–Crippen LogP) is 3.57. The summed E-state index contributed by atoms with van der Waals surface area (Å²) in [5.41, 5.74) is 1.31.